The number of benzene rings is 1. The molecule has 0 atom stereocenters. The van der Waals surface area contributed by atoms with Crippen molar-refractivity contribution in [2.24, 2.45) is 0 Å². The molecule has 0 aliphatic rings. The Bertz CT molecular complexity index is 544. The first-order chi connectivity index (χ1) is 7.72. The minimum atomic E-state index is -0.0284. The second-order valence-electron chi connectivity index (χ2n) is 3.72. The van der Waals surface area contributed by atoms with Crippen LogP contribution in [0.1, 0.15) is 18.2 Å². The van der Waals surface area contributed by atoms with Gasteiger partial charge in [0, 0.05) is 5.56 Å². The Morgan fingerprint density at radius 3 is 2.56 bits per heavy atom. The predicted molar refractivity (Wildman–Crippen MR) is 63.9 cm³/mol. The molecule has 2 rings (SSSR count). The van der Waals surface area contributed by atoms with Gasteiger partial charge < -0.3 is 0 Å². The molecule has 0 saturated heterocycles. The number of rotatable bonds is 2. The first kappa shape index (κ1) is 10.6. The Balaban J connectivity index is 2.66. The van der Waals surface area contributed by atoms with Gasteiger partial charge in [-0.25, -0.2) is 0 Å². The van der Waals surface area contributed by atoms with E-state index in [1.807, 2.05) is 50.2 Å². The van der Waals surface area contributed by atoms with Gasteiger partial charge in [-0.05, 0) is 31.5 Å². The van der Waals surface area contributed by atoms with E-state index >= 15 is 0 Å². The summed E-state index contributed by atoms with van der Waals surface area (Å²) in [5.74, 6) is 0. The number of aryl methyl sites for hydroxylation is 2. The summed E-state index contributed by atoms with van der Waals surface area (Å²) in [6.45, 7) is 3.88. The summed E-state index contributed by atoms with van der Waals surface area (Å²) in [6.07, 6.45) is 0.731. The Hall–Kier alpha value is -1.90. The predicted octanol–water partition coefficient (Wildman–Crippen LogP) is 2.10. The Kier molecular flexibility index (Phi) is 2.86. The molecule has 82 valence electrons. The molecule has 0 aliphatic heterocycles. The van der Waals surface area contributed by atoms with Gasteiger partial charge in [0.1, 0.15) is 0 Å². The Morgan fingerprint density at radius 1 is 1.25 bits per heavy atom. The second kappa shape index (κ2) is 4.31. The summed E-state index contributed by atoms with van der Waals surface area (Å²) in [7, 11) is 0. The third-order valence-electron chi connectivity index (χ3n) is 2.49. The van der Waals surface area contributed by atoms with E-state index in [9.17, 15) is 4.79 Å². The van der Waals surface area contributed by atoms with Crippen molar-refractivity contribution in [3.63, 3.8) is 0 Å². The highest BCUT2D eigenvalue weighted by atomic mass is 16.1. The van der Waals surface area contributed by atoms with Crippen LogP contribution >= 0.6 is 0 Å². The fourth-order valence-electron chi connectivity index (χ4n) is 1.68. The molecule has 1 heterocycles. The normalized spacial score (nSPS) is 10.4. The number of para-hydroxylation sites is 1. The average Bonchev–Trinajstić information content (AvgIpc) is 2.33. The van der Waals surface area contributed by atoms with Crippen LogP contribution in [0, 0.1) is 6.92 Å². The summed E-state index contributed by atoms with van der Waals surface area (Å²) in [5.41, 5.74) is 2.45. The Morgan fingerprint density at radius 2 is 1.94 bits per heavy atom. The van der Waals surface area contributed by atoms with Gasteiger partial charge in [-0.2, -0.15) is 9.78 Å². The fraction of sp³-hybridized carbons (Fsp3) is 0.231. The average molecular weight is 214 g/mol. The first-order valence-electron chi connectivity index (χ1n) is 5.37. The largest absolute Gasteiger partial charge is 0.274 e. The van der Waals surface area contributed by atoms with Gasteiger partial charge in [0.2, 0.25) is 0 Å². The monoisotopic (exact) mass is 214 g/mol. The lowest BCUT2D eigenvalue weighted by molar-refractivity contribution is 0.766. The van der Waals surface area contributed by atoms with E-state index in [4.69, 9.17) is 0 Å². The maximum Gasteiger partial charge on any atom is 0.274 e. The zero-order valence-corrected chi connectivity index (χ0v) is 9.47. The van der Waals surface area contributed by atoms with E-state index < -0.39 is 0 Å². The van der Waals surface area contributed by atoms with Crippen LogP contribution < -0.4 is 5.56 Å². The molecule has 1 aromatic carbocycles. The Labute approximate surface area is 94.4 Å². The number of hydrogen-bond donors (Lipinski definition) is 0. The van der Waals surface area contributed by atoms with Gasteiger partial charge in [0.05, 0.1) is 11.4 Å². The molecule has 0 bridgehead atoms. The molecule has 0 saturated carbocycles. The number of hydrogen-bond acceptors (Lipinski definition) is 2. The molecular weight excluding hydrogens is 200 g/mol. The molecular formula is C13H14N2O. The van der Waals surface area contributed by atoms with E-state index in [2.05, 4.69) is 5.10 Å². The summed E-state index contributed by atoms with van der Waals surface area (Å²) in [4.78, 5) is 12.1. The molecule has 1 aromatic heterocycles. The van der Waals surface area contributed by atoms with Gasteiger partial charge in [0.15, 0.2) is 0 Å². The van der Waals surface area contributed by atoms with Crippen LogP contribution in [0.2, 0.25) is 0 Å². The van der Waals surface area contributed by atoms with Crippen LogP contribution in [0.15, 0.2) is 41.2 Å². The van der Waals surface area contributed by atoms with Crippen LogP contribution in [-0.4, -0.2) is 9.78 Å². The lowest BCUT2D eigenvalue weighted by Crippen LogP contribution is -2.25. The summed E-state index contributed by atoms with van der Waals surface area (Å²) < 4.78 is 1.47. The SMILES string of the molecule is CCc1cc(C)nn(-c2ccccc2)c1=O. The highest BCUT2D eigenvalue weighted by Crippen LogP contribution is 2.04. The highest BCUT2D eigenvalue weighted by molar-refractivity contribution is 5.31. The van der Waals surface area contributed by atoms with Crippen molar-refractivity contribution in [1.82, 2.24) is 9.78 Å². The highest BCUT2D eigenvalue weighted by Gasteiger charge is 2.05. The second-order valence-corrected chi connectivity index (χ2v) is 3.72. The van der Waals surface area contributed by atoms with Crippen molar-refractivity contribution in [3.05, 3.63) is 58.0 Å². The van der Waals surface area contributed by atoms with Gasteiger partial charge in [-0.15, -0.1) is 0 Å². The number of nitrogens with zero attached hydrogens (tertiary/aromatic N) is 2. The maximum atomic E-state index is 12.1. The lowest BCUT2D eigenvalue weighted by atomic mass is 10.2. The summed E-state index contributed by atoms with van der Waals surface area (Å²) >= 11 is 0. The molecule has 0 amide bonds. The molecule has 2 aromatic rings. The van der Waals surface area contributed by atoms with Crippen LogP contribution in [0.25, 0.3) is 5.69 Å². The van der Waals surface area contributed by atoms with Crippen LogP contribution in [-0.2, 0) is 6.42 Å². The summed E-state index contributed by atoms with van der Waals surface area (Å²) in [6, 6.07) is 11.3. The lowest BCUT2D eigenvalue weighted by Gasteiger charge is -2.07. The van der Waals surface area contributed by atoms with Gasteiger partial charge in [-0.1, -0.05) is 25.1 Å². The molecule has 0 unspecified atom stereocenters. The van der Waals surface area contributed by atoms with Gasteiger partial charge in [0.25, 0.3) is 5.56 Å². The topological polar surface area (TPSA) is 34.9 Å². The quantitative estimate of drug-likeness (QED) is 0.767. The minimum absolute atomic E-state index is 0.0284. The van der Waals surface area contributed by atoms with Crippen molar-refractivity contribution in [1.29, 1.82) is 0 Å². The van der Waals surface area contributed by atoms with Crippen molar-refractivity contribution < 1.29 is 0 Å². The minimum Gasteiger partial charge on any atom is -0.267 e. The van der Waals surface area contributed by atoms with Crippen LogP contribution in [0.3, 0.4) is 0 Å². The van der Waals surface area contributed by atoms with Crippen molar-refractivity contribution in [2.45, 2.75) is 20.3 Å². The van der Waals surface area contributed by atoms with E-state index in [1.165, 1.54) is 4.68 Å². The van der Waals surface area contributed by atoms with Crippen molar-refractivity contribution in [2.75, 3.05) is 0 Å². The standard InChI is InChI=1S/C13H14N2O/c1-3-11-9-10(2)14-15(13(11)16)12-7-5-4-6-8-12/h4-9H,3H2,1-2H3. The third-order valence-corrected chi connectivity index (χ3v) is 2.49. The molecule has 0 radical (unpaired) electrons. The zero-order valence-electron chi connectivity index (χ0n) is 9.47. The fourth-order valence-corrected chi connectivity index (χ4v) is 1.68. The maximum absolute atomic E-state index is 12.1. The molecule has 16 heavy (non-hydrogen) atoms. The molecule has 3 heteroatoms. The van der Waals surface area contributed by atoms with Crippen molar-refractivity contribution in [3.8, 4) is 5.69 Å². The molecule has 3 nitrogen and oxygen atoms in total. The van der Waals surface area contributed by atoms with E-state index in [1.54, 1.807) is 0 Å². The van der Waals surface area contributed by atoms with E-state index in [0.29, 0.717) is 0 Å². The van der Waals surface area contributed by atoms with E-state index in [-0.39, 0.29) is 5.56 Å². The third kappa shape index (κ3) is 1.89. The van der Waals surface area contributed by atoms with Crippen molar-refractivity contribution >= 4 is 0 Å². The van der Waals surface area contributed by atoms with Crippen LogP contribution in [0.4, 0.5) is 0 Å². The number of aromatic nitrogens is 2. The molecule has 0 aliphatic carbocycles. The smallest absolute Gasteiger partial charge is 0.267 e. The first-order valence-corrected chi connectivity index (χ1v) is 5.37. The summed E-state index contributed by atoms with van der Waals surface area (Å²) in [5, 5.41) is 4.26. The molecule has 0 fully saturated rings. The molecule has 0 N–H and O–H groups in total. The van der Waals surface area contributed by atoms with Crippen LogP contribution in [0.5, 0.6) is 0 Å². The van der Waals surface area contributed by atoms with Gasteiger partial charge in [-0.3, -0.25) is 4.79 Å². The molecule has 0 spiro atoms. The van der Waals surface area contributed by atoms with E-state index in [0.717, 1.165) is 23.4 Å². The van der Waals surface area contributed by atoms with Gasteiger partial charge >= 0.3 is 0 Å². The zero-order chi connectivity index (χ0) is 11.5.